The van der Waals surface area contributed by atoms with E-state index in [-0.39, 0.29) is 17.4 Å². The SMILES string of the molecule is CC(C)(C)OC(=O)N1[C@H]2C[C@@]3(CCC/C=C/COCc4ccc(Br)nc4NC2=O)C[C@@H]13. The van der Waals surface area contributed by atoms with Crippen LogP contribution in [-0.4, -0.2) is 46.2 Å². The van der Waals surface area contributed by atoms with Gasteiger partial charge in [-0.25, -0.2) is 9.78 Å². The normalized spacial score (nSPS) is 29.7. The van der Waals surface area contributed by atoms with Gasteiger partial charge in [0.1, 0.15) is 22.1 Å². The predicted octanol–water partition coefficient (Wildman–Crippen LogP) is 4.81. The number of ether oxygens (including phenoxy) is 2. The highest BCUT2D eigenvalue weighted by molar-refractivity contribution is 9.10. The molecule has 0 aromatic carbocycles. The third-order valence-electron chi connectivity index (χ3n) is 6.20. The molecule has 4 rings (SSSR count). The Kier molecular flexibility index (Phi) is 6.14. The van der Waals surface area contributed by atoms with Gasteiger partial charge >= 0.3 is 6.09 Å². The second kappa shape index (κ2) is 8.54. The fourth-order valence-corrected chi connectivity index (χ4v) is 4.99. The summed E-state index contributed by atoms with van der Waals surface area (Å²) in [4.78, 5) is 32.5. The Morgan fingerprint density at radius 2 is 2.13 bits per heavy atom. The molecule has 2 amide bonds. The van der Waals surface area contributed by atoms with Crippen LogP contribution in [0.15, 0.2) is 28.9 Å². The van der Waals surface area contributed by atoms with Gasteiger partial charge in [0.05, 0.1) is 13.2 Å². The predicted molar refractivity (Wildman–Crippen MR) is 121 cm³/mol. The first kappa shape index (κ1) is 22.3. The van der Waals surface area contributed by atoms with E-state index in [4.69, 9.17) is 9.47 Å². The van der Waals surface area contributed by atoms with Gasteiger partial charge in [0.2, 0.25) is 5.91 Å². The molecule has 2 bridgehead atoms. The molecule has 8 heteroatoms. The molecule has 3 aliphatic rings. The van der Waals surface area contributed by atoms with Gasteiger partial charge in [0.25, 0.3) is 0 Å². The van der Waals surface area contributed by atoms with Gasteiger partial charge in [0.15, 0.2) is 0 Å². The molecule has 1 aromatic rings. The van der Waals surface area contributed by atoms with Crippen molar-refractivity contribution >= 4 is 33.7 Å². The average Bonchev–Trinajstić information content (AvgIpc) is 3.26. The lowest BCUT2D eigenvalue weighted by atomic mass is 9.93. The number of allylic oxidation sites excluding steroid dienone is 1. The number of piperidine rings is 1. The number of amides is 2. The molecular formula is C23H30BrN3O4. The number of carbonyl (C=O) groups is 2. The fraction of sp³-hybridized carbons (Fsp3) is 0.609. The van der Waals surface area contributed by atoms with Crippen molar-refractivity contribution in [3.63, 3.8) is 0 Å². The Morgan fingerprint density at radius 3 is 2.90 bits per heavy atom. The van der Waals surface area contributed by atoms with Gasteiger partial charge < -0.3 is 14.8 Å². The number of halogens is 1. The maximum absolute atomic E-state index is 13.4. The summed E-state index contributed by atoms with van der Waals surface area (Å²) in [6.07, 6.45) is 8.35. The third kappa shape index (κ3) is 4.95. The minimum absolute atomic E-state index is 0.0109. The second-order valence-electron chi connectivity index (χ2n) is 9.70. The smallest absolute Gasteiger partial charge is 0.411 e. The van der Waals surface area contributed by atoms with Crippen LogP contribution in [0, 0.1) is 5.41 Å². The summed E-state index contributed by atoms with van der Waals surface area (Å²) in [5.41, 5.74) is 0.189. The number of fused-ring (bicyclic) bond motifs is 2. The van der Waals surface area contributed by atoms with Crippen molar-refractivity contribution in [2.24, 2.45) is 5.41 Å². The number of carbonyl (C=O) groups excluding carboxylic acids is 2. The lowest BCUT2D eigenvalue weighted by Crippen LogP contribution is -2.47. The third-order valence-corrected chi connectivity index (χ3v) is 6.64. The van der Waals surface area contributed by atoms with E-state index in [9.17, 15) is 9.59 Å². The number of hydrogen-bond acceptors (Lipinski definition) is 5. The van der Waals surface area contributed by atoms with Gasteiger partial charge in [-0.05, 0) is 80.3 Å². The number of anilines is 1. The first-order chi connectivity index (χ1) is 14.7. The minimum atomic E-state index is -0.615. The number of aromatic nitrogens is 1. The number of rotatable bonds is 0. The van der Waals surface area contributed by atoms with E-state index in [1.807, 2.05) is 39.0 Å². The summed E-state index contributed by atoms with van der Waals surface area (Å²) in [6, 6.07) is 3.20. The standard InChI is InChI=1S/C23H30BrN3O4/c1-22(2,3)31-21(29)27-16-12-23(13-17(23)27)10-6-4-5-7-11-30-14-15-8-9-18(24)25-19(15)26-20(16)28/h5,7-9,16-17H,4,6,10-14H2,1-3H3,(H,25,26,28)/b7-5+/t16-,17+,23-/m0/s1. The van der Waals surface area contributed by atoms with Crippen LogP contribution in [0.4, 0.5) is 10.6 Å². The van der Waals surface area contributed by atoms with E-state index in [0.29, 0.717) is 30.1 Å². The van der Waals surface area contributed by atoms with Crippen LogP contribution < -0.4 is 5.32 Å². The molecule has 1 saturated carbocycles. The highest BCUT2D eigenvalue weighted by Crippen LogP contribution is 2.62. The Bertz CT molecular complexity index is 897. The monoisotopic (exact) mass is 491 g/mol. The molecule has 31 heavy (non-hydrogen) atoms. The fourth-order valence-electron chi connectivity index (χ4n) is 4.68. The summed E-state index contributed by atoms with van der Waals surface area (Å²) in [5.74, 6) is 0.231. The van der Waals surface area contributed by atoms with Crippen LogP contribution in [0.25, 0.3) is 0 Å². The molecule has 1 aromatic heterocycles. The van der Waals surface area contributed by atoms with Crippen molar-refractivity contribution in [1.29, 1.82) is 0 Å². The highest BCUT2D eigenvalue weighted by atomic mass is 79.9. The largest absolute Gasteiger partial charge is 0.444 e. The maximum atomic E-state index is 13.4. The molecule has 2 aliphatic heterocycles. The number of likely N-dealkylation sites (tertiary alicyclic amines) is 1. The van der Waals surface area contributed by atoms with Gasteiger partial charge in [-0.3, -0.25) is 9.69 Å². The topological polar surface area (TPSA) is 80.8 Å². The Balaban J connectivity index is 1.63. The molecular weight excluding hydrogens is 462 g/mol. The summed E-state index contributed by atoms with van der Waals surface area (Å²) in [7, 11) is 0. The number of pyridine rings is 1. The Morgan fingerprint density at radius 1 is 1.32 bits per heavy atom. The van der Waals surface area contributed by atoms with Gasteiger partial charge in [0, 0.05) is 11.6 Å². The van der Waals surface area contributed by atoms with E-state index in [1.165, 1.54) is 0 Å². The van der Waals surface area contributed by atoms with Crippen molar-refractivity contribution < 1.29 is 19.1 Å². The van der Waals surface area contributed by atoms with Crippen molar-refractivity contribution in [3.05, 3.63) is 34.5 Å². The van der Waals surface area contributed by atoms with E-state index in [1.54, 1.807) is 4.90 Å². The maximum Gasteiger partial charge on any atom is 0.411 e. The Hall–Kier alpha value is -1.93. The summed E-state index contributed by atoms with van der Waals surface area (Å²) < 4.78 is 12.0. The zero-order valence-electron chi connectivity index (χ0n) is 18.3. The Labute approximate surface area is 191 Å². The lowest BCUT2D eigenvalue weighted by molar-refractivity contribution is -0.121. The summed E-state index contributed by atoms with van der Waals surface area (Å²) in [5, 5.41) is 2.96. The quantitative estimate of drug-likeness (QED) is 0.416. The van der Waals surface area contributed by atoms with E-state index in [2.05, 4.69) is 32.3 Å². The van der Waals surface area contributed by atoms with Crippen LogP contribution in [0.3, 0.4) is 0 Å². The molecule has 7 nitrogen and oxygen atoms in total. The zero-order chi connectivity index (χ0) is 22.2. The number of nitrogens with one attached hydrogen (secondary N) is 1. The molecule has 3 heterocycles. The molecule has 1 aliphatic carbocycles. The van der Waals surface area contributed by atoms with E-state index >= 15 is 0 Å². The first-order valence-electron chi connectivity index (χ1n) is 10.9. The van der Waals surface area contributed by atoms with Gasteiger partial charge in [-0.2, -0.15) is 0 Å². The number of nitrogens with zero attached hydrogens (tertiary/aromatic N) is 2. The number of hydrogen-bond donors (Lipinski definition) is 1. The van der Waals surface area contributed by atoms with Crippen LogP contribution in [-0.2, 0) is 20.9 Å². The molecule has 0 unspecified atom stereocenters. The molecule has 1 spiro atoms. The molecule has 1 saturated heterocycles. The average molecular weight is 492 g/mol. The van der Waals surface area contributed by atoms with Crippen molar-refractivity contribution in [2.75, 3.05) is 11.9 Å². The molecule has 1 N–H and O–H groups in total. The van der Waals surface area contributed by atoms with Crippen LogP contribution in [0.5, 0.6) is 0 Å². The van der Waals surface area contributed by atoms with E-state index in [0.717, 1.165) is 31.2 Å². The summed E-state index contributed by atoms with van der Waals surface area (Å²) in [6.45, 7) is 6.40. The van der Waals surface area contributed by atoms with Gasteiger partial charge in [-0.15, -0.1) is 0 Å². The molecule has 3 atom stereocenters. The molecule has 168 valence electrons. The van der Waals surface area contributed by atoms with Crippen molar-refractivity contribution in [2.45, 2.75) is 77.2 Å². The minimum Gasteiger partial charge on any atom is -0.444 e. The molecule has 0 radical (unpaired) electrons. The molecule has 2 fully saturated rings. The lowest BCUT2D eigenvalue weighted by Gasteiger charge is -2.30. The zero-order valence-corrected chi connectivity index (χ0v) is 19.9. The summed E-state index contributed by atoms with van der Waals surface area (Å²) >= 11 is 3.38. The van der Waals surface area contributed by atoms with Gasteiger partial charge in [-0.1, -0.05) is 18.2 Å². The second-order valence-corrected chi connectivity index (χ2v) is 10.5. The van der Waals surface area contributed by atoms with Crippen LogP contribution in [0.2, 0.25) is 0 Å². The van der Waals surface area contributed by atoms with Crippen LogP contribution in [0.1, 0.15) is 58.4 Å². The van der Waals surface area contributed by atoms with Crippen LogP contribution >= 0.6 is 15.9 Å². The van der Waals surface area contributed by atoms with E-state index < -0.39 is 17.7 Å². The highest BCUT2D eigenvalue weighted by Gasteiger charge is 2.67. The van der Waals surface area contributed by atoms with Crippen molar-refractivity contribution in [3.8, 4) is 0 Å². The van der Waals surface area contributed by atoms with Crippen molar-refractivity contribution in [1.82, 2.24) is 9.88 Å². The first-order valence-corrected chi connectivity index (χ1v) is 11.7.